The molecule has 2 rings (SSSR count). The molecule has 0 spiro atoms. The molecule has 2 amide bonds. The van der Waals surface area contributed by atoms with Crippen molar-refractivity contribution in [3.05, 3.63) is 54.1 Å². The fourth-order valence-corrected chi connectivity index (χ4v) is 3.09. The van der Waals surface area contributed by atoms with Crippen LogP contribution in [-0.2, 0) is 9.59 Å². The Morgan fingerprint density at radius 2 is 1.58 bits per heavy atom. The van der Waals surface area contributed by atoms with Gasteiger partial charge in [0.25, 0.3) is 5.91 Å². The number of aromatic carboxylic acids is 1. The van der Waals surface area contributed by atoms with Crippen LogP contribution in [0.3, 0.4) is 0 Å². The van der Waals surface area contributed by atoms with Crippen LogP contribution < -0.4 is 10.6 Å². The summed E-state index contributed by atoms with van der Waals surface area (Å²) < 4.78 is 0. The Hall–Kier alpha value is -3.68. The number of carbonyl (C=O) groups is 3. The molecule has 0 radical (unpaired) electrons. The minimum atomic E-state index is -0.971. The molecule has 0 heterocycles. The Labute approximate surface area is 181 Å². The SMILES string of the molecule is CNC(=O)/C(CCCCCCC(=O)Nc1cccc(-c2ccc(C(=O)O)cc2)c1)=N/O. The number of carbonyl (C=O) groups excluding carboxylic acids is 2. The Bertz CT molecular complexity index is 938. The number of hydrogen-bond donors (Lipinski definition) is 4. The van der Waals surface area contributed by atoms with E-state index in [1.54, 1.807) is 24.3 Å². The number of hydrogen-bond acceptors (Lipinski definition) is 5. The van der Waals surface area contributed by atoms with Crippen molar-refractivity contribution in [3.63, 3.8) is 0 Å². The smallest absolute Gasteiger partial charge is 0.335 e. The second-order valence-corrected chi connectivity index (χ2v) is 7.05. The van der Waals surface area contributed by atoms with Crippen LogP contribution in [0.5, 0.6) is 0 Å². The van der Waals surface area contributed by atoms with Gasteiger partial charge in [0.1, 0.15) is 5.71 Å². The molecule has 0 saturated heterocycles. The van der Waals surface area contributed by atoms with Crippen molar-refractivity contribution in [2.24, 2.45) is 5.16 Å². The lowest BCUT2D eigenvalue weighted by Gasteiger charge is -2.08. The zero-order valence-electron chi connectivity index (χ0n) is 17.4. The summed E-state index contributed by atoms with van der Waals surface area (Å²) in [6.07, 6.45) is 3.85. The minimum Gasteiger partial charge on any atom is -0.478 e. The first kappa shape index (κ1) is 23.6. The summed E-state index contributed by atoms with van der Waals surface area (Å²) >= 11 is 0. The maximum atomic E-state index is 12.2. The van der Waals surface area contributed by atoms with Crippen molar-refractivity contribution in [1.29, 1.82) is 0 Å². The van der Waals surface area contributed by atoms with Crippen LogP contribution in [0.1, 0.15) is 48.9 Å². The highest BCUT2D eigenvalue weighted by molar-refractivity contribution is 6.38. The van der Waals surface area contributed by atoms with Gasteiger partial charge < -0.3 is 20.9 Å². The molecule has 0 saturated carbocycles. The quantitative estimate of drug-likeness (QED) is 0.188. The summed E-state index contributed by atoms with van der Waals surface area (Å²) in [5, 5.41) is 26.1. The molecule has 0 aliphatic rings. The van der Waals surface area contributed by atoms with Gasteiger partial charge in [-0.15, -0.1) is 0 Å². The first-order valence-electron chi connectivity index (χ1n) is 10.1. The number of anilines is 1. The van der Waals surface area contributed by atoms with Gasteiger partial charge in [0.2, 0.25) is 5.91 Å². The van der Waals surface area contributed by atoms with Crippen molar-refractivity contribution >= 4 is 29.2 Å². The van der Waals surface area contributed by atoms with E-state index in [1.807, 2.05) is 24.3 Å². The standard InChI is InChI=1S/C23H27N3O5/c1-24-22(28)20(26-31)9-4-2-3-5-10-21(27)25-19-8-6-7-18(15-19)16-11-13-17(14-12-16)23(29)30/h6-8,11-15,31H,2-5,9-10H2,1H3,(H,24,28)(H,25,27)(H,29,30)/b26-20+. The van der Waals surface area contributed by atoms with Crippen LogP contribution in [-0.4, -0.2) is 40.9 Å². The second kappa shape index (κ2) is 12.1. The van der Waals surface area contributed by atoms with E-state index in [1.165, 1.54) is 7.05 Å². The molecular weight excluding hydrogens is 398 g/mol. The van der Waals surface area contributed by atoms with E-state index in [0.29, 0.717) is 31.4 Å². The van der Waals surface area contributed by atoms with Gasteiger partial charge in [0.15, 0.2) is 0 Å². The normalized spacial score (nSPS) is 11.1. The van der Waals surface area contributed by atoms with Crippen LogP contribution in [0.15, 0.2) is 53.7 Å². The number of carboxylic acid groups (broad SMARTS) is 1. The van der Waals surface area contributed by atoms with E-state index in [9.17, 15) is 14.4 Å². The number of benzene rings is 2. The van der Waals surface area contributed by atoms with E-state index in [0.717, 1.165) is 24.0 Å². The third-order valence-electron chi connectivity index (χ3n) is 4.79. The summed E-state index contributed by atoms with van der Waals surface area (Å²) in [5.74, 6) is -1.44. The molecule has 8 heteroatoms. The van der Waals surface area contributed by atoms with Crippen LogP contribution in [0.25, 0.3) is 11.1 Å². The maximum Gasteiger partial charge on any atom is 0.335 e. The van der Waals surface area contributed by atoms with Crippen LogP contribution in [0.4, 0.5) is 5.69 Å². The molecule has 2 aromatic carbocycles. The van der Waals surface area contributed by atoms with Gasteiger partial charge in [-0.1, -0.05) is 42.3 Å². The van der Waals surface area contributed by atoms with Gasteiger partial charge in [-0.3, -0.25) is 9.59 Å². The van der Waals surface area contributed by atoms with Gasteiger partial charge in [-0.25, -0.2) is 4.79 Å². The summed E-state index contributed by atoms with van der Waals surface area (Å²) in [5.41, 5.74) is 2.76. The van der Waals surface area contributed by atoms with E-state index in [2.05, 4.69) is 15.8 Å². The van der Waals surface area contributed by atoms with Crippen molar-refractivity contribution in [2.75, 3.05) is 12.4 Å². The van der Waals surface area contributed by atoms with Gasteiger partial charge in [0, 0.05) is 19.2 Å². The predicted octanol–water partition coefficient (Wildman–Crippen LogP) is 3.91. The number of rotatable bonds is 11. The fraction of sp³-hybridized carbons (Fsp3) is 0.304. The zero-order chi connectivity index (χ0) is 22.6. The predicted molar refractivity (Wildman–Crippen MR) is 118 cm³/mol. The average molecular weight is 425 g/mol. The molecule has 8 nitrogen and oxygen atoms in total. The molecule has 0 fully saturated rings. The number of carboxylic acids is 1. The molecule has 0 aliphatic heterocycles. The largest absolute Gasteiger partial charge is 0.478 e. The maximum absolute atomic E-state index is 12.2. The van der Waals surface area contributed by atoms with Crippen LogP contribution in [0.2, 0.25) is 0 Å². The van der Waals surface area contributed by atoms with Gasteiger partial charge in [0.05, 0.1) is 5.56 Å². The monoisotopic (exact) mass is 425 g/mol. The topological polar surface area (TPSA) is 128 Å². The molecule has 164 valence electrons. The van der Waals surface area contributed by atoms with E-state index < -0.39 is 5.97 Å². The second-order valence-electron chi connectivity index (χ2n) is 7.05. The van der Waals surface area contributed by atoms with E-state index in [-0.39, 0.29) is 23.1 Å². The van der Waals surface area contributed by atoms with E-state index in [4.69, 9.17) is 10.3 Å². The molecule has 0 unspecified atom stereocenters. The molecule has 4 N–H and O–H groups in total. The number of nitrogens with one attached hydrogen (secondary N) is 2. The lowest BCUT2D eigenvalue weighted by molar-refractivity contribution is -0.116. The van der Waals surface area contributed by atoms with Gasteiger partial charge in [-0.2, -0.15) is 0 Å². The van der Waals surface area contributed by atoms with Crippen LogP contribution >= 0.6 is 0 Å². The van der Waals surface area contributed by atoms with Gasteiger partial charge in [-0.05, 0) is 54.7 Å². The Morgan fingerprint density at radius 3 is 2.19 bits per heavy atom. The van der Waals surface area contributed by atoms with E-state index >= 15 is 0 Å². The molecule has 2 aromatic rings. The average Bonchev–Trinajstić information content (AvgIpc) is 2.78. The number of amides is 2. The fourth-order valence-electron chi connectivity index (χ4n) is 3.09. The number of unbranched alkanes of at least 4 members (excludes halogenated alkanes) is 3. The van der Waals surface area contributed by atoms with Crippen LogP contribution in [0, 0.1) is 0 Å². The first-order valence-corrected chi connectivity index (χ1v) is 10.1. The van der Waals surface area contributed by atoms with Crippen molar-refractivity contribution in [2.45, 2.75) is 38.5 Å². The summed E-state index contributed by atoms with van der Waals surface area (Å²) in [7, 11) is 1.48. The third-order valence-corrected chi connectivity index (χ3v) is 4.79. The summed E-state index contributed by atoms with van der Waals surface area (Å²) in [6, 6.07) is 14.0. The lowest BCUT2D eigenvalue weighted by atomic mass is 10.0. The number of nitrogens with zero attached hydrogens (tertiary/aromatic N) is 1. The Balaban J connectivity index is 1.77. The van der Waals surface area contributed by atoms with Crippen molar-refractivity contribution < 1.29 is 24.7 Å². The molecule has 0 bridgehead atoms. The Morgan fingerprint density at radius 1 is 0.903 bits per heavy atom. The first-order chi connectivity index (χ1) is 14.9. The molecule has 31 heavy (non-hydrogen) atoms. The third kappa shape index (κ3) is 7.58. The van der Waals surface area contributed by atoms with Gasteiger partial charge >= 0.3 is 5.97 Å². The lowest BCUT2D eigenvalue weighted by Crippen LogP contribution is -2.27. The van der Waals surface area contributed by atoms with Crippen molar-refractivity contribution in [3.8, 4) is 11.1 Å². The minimum absolute atomic E-state index is 0.0821. The number of oxime groups is 1. The summed E-state index contributed by atoms with van der Waals surface area (Å²) in [6.45, 7) is 0. The highest BCUT2D eigenvalue weighted by Gasteiger charge is 2.10. The highest BCUT2D eigenvalue weighted by Crippen LogP contribution is 2.23. The zero-order valence-corrected chi connectivity index (χ0v) is 17.4. The Kier molecular flexibility index (Phi) is 9.22. The molecular formula is C23H27N3O5. The highest BCUT2D eigenvalue weighted by atomic mass is 16.4. The summed E-state index contributed by atoms with van der Waals surface area (Å²) in [4.78, 5) is 34.6. The molecule has 0 atom stereocenters. The van der Waals surface area contributed by atoms with Crippen molar-refractivity contribution in [1.82, 2.24) is 5.32 Å². The molecule has 0 aromatic heterocycles. The molecule has 0 aliphatic carbocycles.